The highest BCUT2D eigenvalue weighted by atomic mass is 35.5. The molecule has 0 bridgehead atoms. The van der Waals surface area contributed by atoms with Gasteiger partial charge in [-0.2, -0.15) is 4.98 Å². The van der Waals surface area contributed by atoms with Crippen LogP contribution in [0.25, 0.3) is 0 Å². The van der Waals surface area contributed by atoms with Gasteiger partial charge < -0.3 is 15.5 Å². The van der Waals surface area contributed by atoms with Crippen LogP contribution in [0.4, 0.5) is 11.8 Å². The van der Waals surface area contributed by atoms with Gasteiger partial charge in [0.2, 0.25) is 11.9 Å². The Balaban J connectivity index is 2.32. The molecule has 1 aliphatic heterocycles. The number of likely N-dealkylation sites (N-methyl/N-ethyl adjacent to an activating group) is 1. The number of aromatic nitrogens is 2. The number of nitrogens with zero attached hydrogens (tertiary/aromatic N) is 3. The fraction of sp³-hybridized carbons (Fsp3) is 0.545. The monoisotopic (exact) mass is 269 g/mol. The highest BCUT2D eigenvalue weighted by molar-refractivity contribution is 6.32. The number of hydrogen-bond donors (Lipinski definition) is 2. The Kier molecular flexibility index (Phi) is 3.86. The van der Waals surface area contributed by atoms with Crippen LogP contribution < -0.4 is 15.5 Å². The molecular weight excluding hydrogens is 254 g/mol. The molecule has 1 fully saturated rings. The molecule has 1 aromatic rings. The Morgan fingerprint density at radius 3 is 3.00 bits per heavy atom. The van der Waals surface area contributed by atoms with Crippen molar-refractivity contribution in [3.63, 3.8) is 0 Å². The molecule has 1 unspecified atom stereocenters. The van der Waals surface area contributed by atoms with Crippen molar-refractivity contribution in [3.8, 4) is 0 Å². The molecule has 7 heteroatoms. The molecule has 0 aromatic carbocycles. The maximum atomic E-state index is 11.8. The third-order valence-electron chi connectivity index (χ3n) is 3.02. The maximum absolute atomic E-state index is 11.8. The minimum Gasteiger partial charge on any atom is -0.357 e. The number of rotatable bonds is 3. The van der Waals surface area contributed by atoms with Crippen LogP contribution >= 0.6 is 11.6 Å². The average molecular weight is 270 g/mol. The van der Waals surface area contributed by atoms with E-state index >= 15 is 0 Å². The predicted octanol–water partition coefficient (Wildman–Crippen LogP) is 0.886. The molecule has 98 valence electrons. The second kappa shape index (κ2) is 5.39. The zero-order chi connectivity index (χ0) is 13.1. The van der Waals surface area contributed by atoms with E-state index in [1.54, 1.807) is 20.3 Å². The maximum Gasteiger partial charge on any atom is 0.242 e. The normalized spacial score (nSPS) is 18.8. The van der Waals surface area contributed by atoms with Gasteiger partial charge in [0.25, 0.3) is 0 Å². The number of hydrogen-bond acceptors (Lipinski definition) is 5. The van der Waals surface area contributed by atoms with Crippen LogP contribution in [0.3, 0.4) is 0 Å². The number of halogens is 1. The summed E-state index contributed by atoms with van der Waals surface area (Å²) in [4.78, 5) is 22.1. The summed E-state index contributed by atoms with van der Waals surface area (Å²) in [5, 5.41) is 6.00. The van der Waals surface area contributed by atoms with E-state index in [0.717, 1.165) is 19.4 Å². The van der Waals surface area contributed by atoms with E-state index < -0.39 is 0 Å². The molecule has 0 radical (unpaired) electrons. The standard InChI is InChI=1S/C11H16ClN5O/c1-13-10(18)8-4-3-5-17(8)9-7(12)6-15-11(14-2)16-9/h6,8H,3-5H2,1-2H3,(H,13,18)(H,14,15,16). The minimum atomic E-state index is -0.202. The van der Waals surface area contributed by atoms with Gasteiger partial charge in [0.05, 0.1) is 6.20 Å². The van der Waals surface area contributed by atoms with Gasteiger partial charge in [0.15, 0.2) is 5.82 Å². The van der Waals surface area contributed by atoms with Crippen molar-refractivity contribution in [2.45, 2.75) is 18.9 Å². The second-order valence-corrected chi connectivity index (χ2v) is 4.49. The lowest BCUT2D eigenvalue weighted by Crippen LogP contribution is -2.42. The lowest BCUT2D eigenvalue weighted by Gasteiger charge is -2.25. The molecular formula is C11H16ClN5O. The summed E-state index contributed by atoms with van der Waals surface area (Å²) in [5.74, 6) is 1.10. The van der Waals surface area contributed by atoms with Crippen molar-refractivity contribution >= 4 is 29.3 Å². The quantitative estimate of drug-likeness (QED) is 0.853. The summed E-state index contributed by atoms with van der Waals surface area (Å²) in [6, 6.07) is -0.202. The predicted molar refractivity (Wildman–Crippen MR) is 71.0 cm³/mol. The van der Waals surface area contributed by atoms with Crippen LogP contribution in [0.1, 0.15) is 12.8 Å². The molecule has 1 amide bonds. The van der Waals surface area contributed by atoms with Crippen LogP contribution in [0.15, 0.2) is 6.20 Å². The van der Waals surface area contributed by atoms with Crippen molar-refractivity contribution in [3.05, 3.63) is 11.2 Å². The largest absolute Gasteiger partial charge is 0.357 e. The van der Waals surface area contributed by atoms with Gasteiger partial charge in [0.1, 0.15) is 11.1 Å². The highest BCUT2D eigenvalue weighted by Gasteiger charge is 2.32. The molecule has 2 rings (SSSR count). The first-order valence-electron chi connectivity index (χ1n) is 5.86. The lowest BCUT2D eigenvalue weighted by atomic mass is 10.2. The zero-order valence-electron chi connectivity index (χ0n) is 10.4. The van der Waals surface area contributed by atoms with Gasteiger partial charge in [-0.1, -0.05) is 11.6 Å². The van der Waals surface area contributed by atoms with Gasteiger partial charge in [0, 0.05) is 20.6 Å². The molecule has 2 heterocycles. The van der Waals surface area contributed by atoms with Crippen molar-refractivity contribution in [1.29, 1.82) is 0 Å². The van der Waals surface area contributed by atoms with Crippen molar-refractivity contribution in [2.75, 3.05) is 30.9 Å². The summed E-state index contributed by atoms with van der Waals surface area (Å²) in [7, 11) is 3.38. The molecule has 1 aromatic heterocycles. The van der Waals surface area contributed by atoms with Gasteiger partial charge in [-0.05, 0) is 12.8 Å². The number of carbonyl (C=O) groups excluding carboxylic acids is 1. The van der Waals surface area contributed by atoms with Crippen molar-refractivity contribution < 1.29 is 4.79 Å². The van der Waals surface area contributed by atoms with Crippen LogP contribution in [0.2, 0.25) is 5.02 Å². The molecule has 6 nitrogen and oxygen atoms in total. The average Bonchev–Trinajstić information content (AvgIpc) is 2.87. The van der Waals surface area contributed by atoms with Gasteiger partial charge in [-0.3, -0.25) is 4.79 Å². The Bertz CT molecular complexity index is 453. The fourth-order valence-electron chi connectivity index (χ4n) is 2.14. The van der Waals surface area contributed by atoms with E-state index in [2.05, 4.69) is 20.6 Å². The van der Waals surface area contributed by atoms with Crippen molar-refractivity contribution in [2.24, 2.45) is 0 Å². The Hall–Kier alpha value is -1.56. The topological polar surface area (TPSA) is 70.2 Å². The number of anilines is 2. The van der Waals surface area contributed by atoms with Crippen molar-refractivity contribution in [1.82, 2.24) is 15.3 Å². The highest BCUT2D eigenvalue weighted by Crippen LogP contribution is 2.30. The van der Waals surface area contributed by atoms with E-state index in [1.165, 1.54) is 0 Å². The van der Waals surface area contributed by atoms with E-state index in [1.807, 2.05) is 4.90 Å². The van der Waals surface area contributed by atoms with Crippen LogP contribution in [-0.4, -0.2) is 42.6 Å². The van der Waals surface area contributed by atoms with Crippen LogP contribution in [0.5, 0.6) is 0 Å². The SMILES string of the molecule is CNC(=O)C1CCCN1c1nc(NC)ncc1Cl. The van der Waals surface area contributed by atoms with E-state index in [-0.39, 0.29) is 11.9 Å². The number of nitrogens with one attached hydrogen (secondary N) is 2. The molecule has 18 heavy (non-hydrogen) atoms. The van der Waals surface area contributed by atoms with Gasteiger partial charge in [-0.15, -0.1) is 0 Å². The molecule has 1 aliphatic rings. The third-order valence-corrected chi connectivity index (χ3v) is 3.29. The second-order valence-electron chi connectivity index (χ2n) is 4.08. The molecule has 0 aliphatic carbocycles. The molecule has 0 spiro atoms. The Morgan fingerprint density at radius 1 is 1.56 bits per heavy atom. The summed E-state index contributed by atoms with van der Waals surface area (Å²) < 4.78 is 0. The third kappa shape index (κ3) is 2.33. The smallest absolute Gasteiger partial charge is 0.242 e. The van der Waals surface area contributed by atoms with Crippen LogP contribution in [-0.2, 0) is 4.79 Å². The Labute approximate surface area is 111 Å². The van der Waals surface area contributed by atoms with Crippen LogP contribution in [0, 0.1) is 0 Å². The van der Waals surface area contributed by atoms with E-state index in [0.29, 0.717) is 16.8 Å². The Morgan fingerprint density at radius 2 is 2.33 bits per heavy atom. The lowest BCUT2D eigenvalue weighted by molar-refractivity contribution is -0.121. The first-order valence-corrected chi connectivity index (χ1v) is 6.23. The first kappa shape index (κ1) is 12.9. The summed E-state index contributed by atoms with van der Waals surface area (Å²) >= 11 is 6.12. The minimum absolute atomic E-state index is 0.00631. The van der Waals surface area contributed by atoms with Gasteiger partial charge >= 0.3 is 0 Å². The number of carbonyl (C=O) groups is 1. The molecule has 2 N–H and O–H groups in total. The summed E-state index contributed by atoms with van der Waals surface area (Å²) in [6.45, 7) is 0.776. The number of amides is 1. The molecule has 1 atom stereocenters. The zero-order valence-corrected chi connectivity index (χ0v) is 11.2. The molecule has 0 saturated carbocycles. The van der Waals surface area contributed by atoms with Gasteiger partial charge in [-0.25, -0.2) is 4.98 Å². The summed E-state index contributed by atoms with van der Waals surface area (Å²) in [5.41, 5.74) is 0. The fourth-order valence-corrected chi connectivity index (χ4v) is 2.34. The van der Waals surface area contributed by atoms with E-state index in [4.69, 9.17) is 11.6 Å². The molecule has 1 saturated heterocycles. The summed E-state index contributed by atoms with van der Waals surface area (Å²) in [6.07, 6.45) is 3.32. The first-order chi connectivity index (χ1) is 8.67. The van der Waals surface area contributed by atoms with E-state index in [9.17, 15) is 4.79 Å².